The SMILES string of the molecule is CCn1cncc1COc1ccc(Cl)nc1. The fourth-order valence-electron chi connectivity index (χ4n) is 1.36. The molecule has 0 bridgehead atoms. The molecular formula is C11H12ClN3O. The van der Waals surface area contributed by atoms with Gasteiger partial charge >= 0.3 is 0 Å². The lowest BCUT2D eigenvalue weighted by Crippen LogP contribution is -2.03. The van der Waals surface area contributed by atoms with Crippen molar-refractivity contribution in [3.05, 3.63) is 41.7 Å². The lowest BCUT2D eigenvalue weighted by Gasteiger charge is -2.07. The normalized spacial score (nSPS) is 10.4. The largest absolute Gasteiger partial charge is 0.486 e. The first-order valence-corrected chi connectivity index (χ1v) is 5.40. The topological polar surface area (TPSA) is 39.9 Å². The molecule has 2 aromatic rings. The summed E-state index contributed by atoms with van der Waals surface area (Å²) in [7, 11) is 0. The van der Waals surface area contributed by atoms with E-state index in [4.69, 9.17) is 16.3 Å². The van der Waals surface area contributed by atoms with Crippen molar-refractivity contribution in [2.45, 2.75) is 20.1 Å². The van der Waals surface area contributed by atoms with Crippen molar-refractivity contribution in [1.29, 1.82) is 0 Å². The van der Waals surface area contributed by atoms with Crippen LogP contribution in [0.2, 0.25) is 5.15 Å². The zero-order chi connectivity index (χ0) is 11.4. The van der Waals surface area contributed by atoms with Crippen LogP contribution in [-0.4, -0.2) is 14.5 Å². The quantitative estimate of drug-likeness (QED) is 0.768. The Hall–Kier alpha value is -1.55. The highest BCUT2D eigenvalue weighted by atomic mass is 35.5. The van der Waals surface area contributed by atoms with Gasteiger partial charge in [0.15, 0.2) is 0 Å². The van der Waals surface area contributed by atoms with E-state index in [0.29, 0.717) is 17.5 Å². The van der Waals surface area contributed by atoms with Gasteiger partial charge in [0.25, 0.3) is 0 Å². The number of aromatic nitrogens is 3. The highest BCUT2D eigenvalue weighted by Gasteiger charge is 2.01. The molecule has 0 atom stereocenters. The Morgan fingerprint density at radius 3 is 2.94 bits per heavy atom. The van der Waals surface area contributed by atoms with Crippen molar-refractivity contribution in [2.75, 3.05) is 0 Å². The second-order valence-electron chi connectivity index (χ2n) is 3.28. The van der Waals surface area contributed by atoms with E-state index in [0.717, 1.165) is 12.2 Å². The minimum absolute atomic E-state index is 0.464. The van der Waals surface area contributed by atoms with Crippen LogP contribution in [0.1, 0.15) is 12.6 Å². The average Bonchev–Trinajstić information content (AvgIpc) is 2.76. The van der Waals surface area contributed by atoms with E-state index in [1.807, 2.05) is 4.57 Å². The number of ether oxygens (including phenoxy) is 1. The number of hydrogen-bond acceptors (Lipinski definition) is 3. The number of halogens is 1. The third kappa shape index (κ3) is 2.52. The zero-order valence-electron chi connectivity index (χ0n) is 8.93. The molecule has 84 valence electrons. The molecule has 4 nitrogen and oxygen atoms in total. The predicted octanol–water partition coefficient (Wildman–Crippen LogP) is 2.53. The molecule has 0 aliphatic heterocycles. The summed E-state index contributed by atoms with van der Waals surface area (Å²) in [6.07, 6.45) is 5.20. The molecule has 5 heteroatoms. The molecule has 0 N–H and O–H groups in total. The second-order valence-corrected chi connectivity index (χ2v) is 3.66. The molecule has 0 aromatic carbocycles. The summed E-state index contributed by atoms with van der Waals surface area (Å²) < 4.78 is 7.60. The highest BCUT2D eigenvalue weighted by Crippen LogP contribution is 2.13. The molecule has 0 spiro atoms. The summed E-state index contributed by atoms with van der Waals surface area (Å²) in [6.45, 7) is 3.43. The first kappa shape index (κ1) is 11.0. The van der Waals surface area contributed by atoms with Gasteiger partial charge in [0.05, 0.1) is 24.4 Å². The Kier molecular flexibility index (Phi) is 3.41. The molecule has 0 saturated heterocycles. The number of rotatable bonds is 4. The summed E-state index contributed by atoms with van der Waals surface area (Å²) in [6, 6.07) is 3.50. The third-order valence-corrected chi connectivity index (χ3v) is 2.45. The molecule has 2 aromatic heterocycles. The van der Waals surface area contributed by atoms with Gasteiger partial charge in [-0.3, -0.25) is 0 Å². The fraction of sp³-hybridized carbons (Fsp3) is 0.273. The number of imidazole rings is 1. The number of nitrogens with zero attached hydrogens (tertiary/aromatic N) is 3. The van der Waals surface area contributed by atoms with Crippen LogP contribution in [-0.2, 0) is 13.2 Å². The van der Waals surface area contributed by atoms with E-state index < -0.39 is 0 Å². The van der Waals surface area contributed by atoms with Crippen LogP contribution in [0.4, 0.5) is 0 Å². The Bertz CT molecular complexity index is 453. The predicted molar refractivity (Wildman–Crippen MR) is 61.5 cm³/mol. The molecule has 0 amide bonds. The maximum atomic E-state index is 5.68. The Morgan fingerprint density at radius 1 is 1.38 bits per heavy atom. The minimum atomic E-state index is 0.464. The molecule has 0 fully saturated rings. The van der Waals surface area contributed by atoms with Crippen LogP contribution in [0.3, 0.4) is 0 Å². The maximum Gasteiger partial charge on any atom is 0.138 e. The van der Waals surface area contributed by atoms with Crippen LogP contribution in [0.25, 0.3) is 0 Å². The standard InChI is InChI=1S/C11H12ClN3O/c1-2-15-8-13-5-9(15)7-16-10-3-4-11(12)14-6-10/h3-6,8H,2,7H2,1H3. The van der Waals surface area contributed by atoms with E-state index in [2.05, 4.69) is 16.9 Å². The van der Waals surface area contributed by atoms with Crippen molar-refractivity contribution >= 4 is 11.6 Å². The maximum absolute atomic E-state index is 5.68. The van der Waals surface area contributed by atoms with Crippen LogP contribution >= 0.6 is 11.6 Å². The third-order valence-electron chi connectivity index (χ3n) is 2.23. The van der Waals surface area contributed by atoms with Gasteiger partial charge in [-0.15, -0.1) is 0 Å². The smallest absolute Gasteiger partial charge is 0.138 e. The monoisotopic (exact) mass is 237 g/mol. The second kappa shape index (κ2) is 4.99. The highest BCUT2D eigenvalue weighted by molar-refractivity contribution is 6.29. The molecule has 0 radical (unpaired) electrons. The Morgan fingerprint density at radius 2 is 2.25 bits per heavy atom. The van der Waals surface area contributed by atoms with E-state index in [9.17, 15) is 0 Å². The van der Waals surface area contributed by atoms with Crippen molar-refractivity contribution in [2.24, 2.45) is 0 Å². The van der Waals surface area contributed by atoms with Gasteiger partial charge in [0.1, 0.15) is 17.5 Å². The minimum Gasteiger partial charge on any atom is -0.486 e. The van der Waals surface area contributed by atoms with Gasteiger partial charge < -0.3 is 9.30 Å². The van der Waals surface area contributed by atoms with Crippen molar-refractivity contribution in [3.63, 3.8) is 0 Å². The lowest BCUT2D eigenvalue weighted by atomic mass is 10.4. The van der Waals surface area contributed by atoms with Gasteiger partial charge in [0.2, 0.25) is 0 Å². The summed E-state index contributed by atoms with van der Waals surface area (Å²) in [5.74, 6) is 0.702. The number of aryl methyl sites for hydroxylation is 1. The molecule has 0 aliphatic rings. The Balaban J connectivity index is 1.99. The zero-order valence-corrected chi connectivity index (χ0v) is 9.68. The molecule has 16 heavy (non-hydrogen) atoms. The molecule has 2 rings (SSSR count). The summed E-state index contributed by atoms with van der Waals surface area (Å²) in [5.41, 5.74) is 1.04. The van der Waals surface area contributed by atoms with Crippen LogP contribution in [0.5, 0.6) is 5.75 Å². The summed E-state index contributed by atoms with van der Waals surface area (Å²) in [5, 5.41) is 0.464. The van der Waals surface area contributed by atoms with E-state index >= 15 is 0 Å². The van der Waals surface area contributed by atoms with Crippen molar-refractivity contribution in [3.8, 4) is 5.75 Å². The molecule has 0 unspecified atom stereocenters. The first-order valence-electron chi connectivity index (χ1n) is 5.03. The molecular weight excluding hydrogens is 226 g/mol. The van der Waals surface area contributed by atoms with E-state index in [1.54, 1.807) is 30.9 Å². The molecule has 0 saturated carbocycles. The Labute approximate surface area is 98.9 Å². The molecule has 2 heterocycles. The number of pyridine rings is 1. The average molecular weight is 238 g/mol. The van der Waals surface area contributed by atoms with Gasteiger partial charge in [-0.2, -0.15) is 0 Å². The van der Waals surface area contributed by atoms with Gasteiger partial charge in [-0.25, -0.2) is 9.97 Å². The van der Waals surface area contributed by atoms with Gasteiger partial charge in [-0.05, 0) is 19.1 Å². The van der Waals surface area contributed by atoms with Crippen LogP contribution in [0, 0.1) is 0 Å². The summed E-state index contributed by atoms with van der Waals surface area (Å²) in [4.78, 5) is 8.01. The van der Waals surface area contributed by atoms with E-state index in [1.165, 1.54) is 0 Å². The van der Waals surface area contributed by atoms with Gasteiger partial charge in [0, 0.05) is 6.54 Å². The summed E-state index contributed by atoms with van der Waals surface area (Å²) >= 11 is 5.68. The van der Waals surface area contributed by atoms with Gasteiger partial charge in [-0.1, -0.05) is 11.6 Å². The van der Waals surface area contributed by atoms with Crippen LogP contribution < -0.4 is 4.74 Å². The van der Waals surface area contributed by atoms with Crippen molar-refractivity contribution in [1.82, 2.24) is 14.5 Å². The van der Waals surface area contributed by atoms with E-state index in [-0.39, 0.29) is 0 Å². The first-order chi connectivity index (χ1) is 7.79. The molecule has 0 aliphatic carbocycles. The lowest BCUT2D eigenvalue weighted by molar-refractivity contribution is 0.294. The number of hydrogen-bond donors (Lipinski definition) is 0. The van der Waals surface area contributed by atoms with Crippen LogP contribution in [0.15, 0.2) is 30.9 Å². The fourth-order valence-corrected chi connectivity index (χ4v) is 1.47. The van der Waals surface area contributed by atoms with Crippen molar-refractivity contribution < 1.29 is 4.74 Å².